The third-order valence-corrected chi connectivity index (χ3v) is 7.46. The van der Waals surface area contributed by atoms with Crippen LogP contribution in [0.2, 0.25) is 0 Å². The highest BCUT2D eigenvalue weighted by Crippen LogP contribution is 2.36. The van der Waals surface area contributed by atoms with Crippen LogP contribution in [0.1, 0.15) is 24.6 Å². The van der Waals surface area contributed by atoms with Gasteiger partial charge in [0.2, 0.25) is 5.88 Å². The average Bonchev–Trinajstić information content (AvgIpc) is 3.71. The molecule has 42 heavy (non-hydrogen) atoms. The molecule has 2 aliphatic rings. The Morgan fingerprint density at radius 1 is 0.786 bits per heavy atom. The molecule has 6 rings (SSSR count). The maximum absolute atomic E-state index is 14.2. The summed E-state index contributed by atoms with van der Waals surface area (Å²) in [6.45, 7) is 3.08. The molecule has 1 unspecified atom stereocenters. The van der Waals surface area contributed by atoms with Gasteiger partial charge in [-0.25, -0.2) is 18.2 Å². The van der Waals surface area contributed by atoms with Gasteiger partial charge in [-0.3, -0.25) is 0 Å². The van der Waals surface area contributed by atoms with Gasteiger partial charge in [-0.1, -0.05) is 24.3 Å². The molecule has 218 valence electrons. The van der Waals surface area contributed by atoms with Crippen LogP contribution < -0.4 is 25.4 Å². The SMILES string of the molecule is OC(Nc1cnc(O[C@H]2CCNC2)c(-c2ccc(F)cc2)c1)c1ccc(O[C@H]2CCNC2)c(-c2ccc(F)c(F)c2)c1. The van der Waals surface area contributed by atoms with Gasteiger partial charge in [-0.15, -0.1) is 0 Å². The molecule has 3 heterocycles. The van der Waals surface area contributed by atoms with Gasteiger partial charge in [-0.2, -0.15) is 0 Å². The number of hydrogen-bond acceptors (Lipinski definition) is 7. The molecular weight excluding hydrogens is 545 g/mol. The third-order valence-electron chi connectivity index (χ3n) is 7.46. The summed E-state index contributed by atoms with van der Waals surface area (Å²) in [4.78, 5) is 4.52. The number of halogens is 3. The fourth-order valence-corrected chi connectivity index (χ4v) is 5.21. The molecule has 3 aromatic carbocycles. The maximum Gasteiger partial charge on any atom is 0.221 e. The van der Waals surface area contributed by atoms with Crippen molar-refractivity contribution in [1.82, 2.24) is 15.6 Å². The predicted octanol–water partition coefficient (Wildman–Crippen LogP) is 5.42. The summed E-state index contributed by atoms with van der Waals surface area (Å²) < 4.78 is 53.9. The number of nitrogens with zero attached hydrogens (tertiary/aromatic N) is 1. The molecule has 10 heteroatoms. The Morgan fingerprint density at radius 2 is 1.50 bits per heavy atom. The van der Waals surface area contributed by atoms with Crippen LogP contribution in [-0.4, -0.2) is 48.5 Å². The monoisotopic (exact) mass is 576 g/mol. The van der Waals surface area contributed by atoms with Gasteiger partial charge in [0, 0.05) is 29.8 Å². The highest BCUT2D eigenvalue weighted by Gasteiger charge is 2.22. The lowest BCUT2D eigenvalue weighted by Gasteiger charge is -2.21. The Kier molecular flexibility index (Phi) is 8.27. The van der Waals surface area contributed by atoms with Crippen LogP contribution in [-0.2, 0) is 0 Å². The van der Waals surface area contributed by atoms with E-state index in [1.54, 1.807) is 42.6 Å². The lowest BCUT2D eigenvalue weighted by atomic mass is 10.0. The normalized spacial score (nSPS) is 19.0. The van der Waals surface area contributed by atoms with E-state index in [2.05, 4.69) is 20.9 Å². The molecule has 0 radical (unpaired) electrons. The Balaban J connectivity index is 1.29. The van der Waals surface area contributed by atoms with E-state index in [-0.39, 0.29) is 18.0 Å². The molecule has 7 nitrogen and oxygen atoms in total. The molecule has 0 bridgehead atoms. The fourth-order valence-electron chi connectivity index (χ4n) is 5.21. The molecule has 0 aliphatic carbocycles. The van der Waals surface area contributed by atoms with Crippen LogP contribution in [0.3, 0.4) is 0 Å². The van der Waals surface area contributed by atoms with Gasteiger partial charge in [0.1, 0.15) is 23.8 Å². The van der Waals surface area contributed by atoms with Gasteiger partial charge in [0.05, 0.1) is 11.9 Å². The Bertz CT molecular complexity index is 1540. The number of rotatable bonds is 9. The van der Waals surface area contributed by atoms with Gasteiger partial charge < -0.3 is 30.5 Å². The van der Waals surface area contributed by atoms with Crippen molar-refractivity contribution >= 4 is 5.69 Å². The van der Waals surface area contributed by atoms with Crippen molar-refractivity contribution in [3.8, 4) is 33.9 Å². The number of pyridine rings is 1. The molecule has 0 amide bonds. The molecular formula is C32H31F3N4O3. The first kappa shape index (κ1) is 28.0. The summed E-state index contributed by atoms with van der Waals surface area (Å²) in [6, 6.07) is 16.6. The molecule has 3 atom stereocenters. The van der Waals surface area contributed by atoms with Crippen LogP contribution in [0.4, 0.5) is 18.9 Å². The second-order valence-corrected chi connectivity index (χ2v) is 10.5. The zero-order chi connectivity index (χ0) is 29.1. The summed E-state index contributed by atoms with van der Waals surface area (Å²) in [5, 5.41) is 20.8. The lowest BCUT2D eigenvalue weighted by Crippen LogP contribution is -2.20. The third kappa shape index (κ3) is 6.35. The van der Waals surface area contributed by atoms with E-state index in [1.807, 2.05) is 0 Å². The molecule has 2 saturated heterocycles. The smallest absolute Gasteiger partial charge is 0.221 e. The van der Waals surface area contributed by atoms with Crippen LogP contribution in [0.5, 0.6) is 11.6 Å². The van der Waals surface area contributed by atoms with E-state index in [9.17, 15) is 18.3 Å². The van der Waals surface area contributed by atoms with E-state index in [0.717, 1.165) is 38.1 Å². The number of hydrogen-bond donors (Lipinski definition) is 4. The van der Waals surface area contributed by atoms with Crippen molar-refractivity contribution in [1.29, 1.82) is 0 Å². The highest BCUT2D eigenvalue weighted by atomic mass is 19.2. The first-order valence-electron chi connectivity index (χ1n) is 14.0. The Morgan fingerprint density at radius 3 is 2.19 bits per heavy atom. The highest BCUT2D eigenvalue weighted by molar-refractivity contribution is 5.73. The number of anilines is 1. The number of nitrogens with one attached hydrogen (secondary N) is 3. The van der Waals surface area contributed by atoms with Crippen molar-refractivity contribution in [3.63, 3.8) is 0 Å². The second-order valence-electron chi connectivity index (χ2n) is 10.5. The van der Waals surface area contributed by atoms with Crippen molar-refractivity contribution in [2.24, 2.45) is 0 Å². The van der Waals surface area contributed by atoms with Crippen molar-refractivity contribution < 1.29 is 27.8 Å². The van der Waals surface area contributed by atoms with E-state index in [1.165, 1.54) is 18.2 Å². The molecule has 0 spiro atoms. The van der Waals surface area contributed by atoms with Gasteiger partial charge in [0.25, 0.3) is 0 Å². The molecule has 4 N–H and O–H groups in total. The summed E-state index contributed by atoms with van der Waals surface area (Å²) in [5.74, 6) is -1.35. The minimum Gasteiger partial charge on any atom is -0.488 e. The zero-order valence-electron chi connectivity index (χ0n) is 22.7. The number of benzene rings is 3. The van der Waals surface area contributed by atoms with E-state index in [0.29, 0.717) is 58.2 Å². The first-order chi connectivity index (χ1) is 20.4. The number of aliphatic hydroxyl groups is 1. The molecule has 4 aromatic rings. The number of aliphatic hydroxyl groups excluding tert-OH is 1. The van der Waals surface area contributed by atoms with E-state index < -0.39 is 17.9 Å². The zero-order valence-corrected chi connectivity index (χ0v) is 22.7. The minimum atomic E-state index is -1.18. The van der Waals surface area contributed by atoms with Crippen LogP contribution in [0.15, 0.2) is 72.9 Å². The summed E-state index contributed by atoms with van der Waals surface area (Å²) in [7, 11) is 0. The standard InChI is InChI=1S/C32H31F3N4O3/c33-22-5-1-19(2-6-22)27-15-23(16-38-32(27)42-25-10-12-37-18-25)39-31(40)21-4-8-30(41-24-9-11-36-17-24)26(13-21)20-3-7-28(34)29(35)14-20/h1-8,13-16,24-25,31,36-37,39-40H,9-12,17-18H2/t24-,25-,31?/m0/s1. The van der Waals surface area contributed by atoms with Crippen molar-refractivity contribution in [2.45, 2.75) is 31.3 Å². The van der Waals surface area contributed by atoms with Crippen LogP contribution >= 0.6 is 0 Å². The summed E-state index contributed by atoms with van der Waals surface area (Å²) in [5.41, 5.74) is 3.30. The largest absolute Gasteiger partial charge is 0.488 e. The first-order valence-corrected chi connectivity index (χ1v) is 14.0. The lowest BCUT2D eigenvalue weighted by molar-refractivity contribution is 0.206. The van der Waals surface area contributed by atoms with Gasteiger partial charge in [-0.05, 0) is 79.5 Å². The van der Waals surface area contributed by atoms with Crippen LogP contribution in [0, 0.1) is 17.5 Å². The maximum atomic E-state index is 14.2. The molecule has 0 saturated carbocycles. The quantitative estimate of drug-likeness (QED) is 0.198. The minimum absolute atomic E-state index is 0.0310. The Labute approximate surface area is 241 Å². The fraction of sp³-hybridized carbons (Fsp3) is 0.281. The van der Waals surface area contributed by atoms with Crippen molar-refractivity contribution in [3.05, 3.63) is 95.9 Å². The molecule has 2 fully saturated rings. The summed E-state index contributed by atoms with van der Waals surface area (Å²) in [6.07, 6.45) is 1.97. The molecule has 2 aliphatic heterocycles. The molecule has 1 aromatic heterocycles. The predicted molar refractivity (Wildman–Crippen MR) is 154 cm³/mol. The van der Waals surface area contributed by atoms with Crippen molar-refractivity contribution in [2.75, 3.05) is 31.5 Å². The number of aromatic nitrogens is 1. The average molecular weight is 577 g/mol. The van der Waals surface area contributed by atoms with Gasteiger partial charge in [0.15, 0.2) is 17.9 Å². The van der Waals surface area contributed by atoms with Gasteiger partial charge >= 0.3 is 0 Å². The summed E-state index contributed by atoms with van der Waals surface area (Å²) >= 11 is 0. The van der Waals surface area contributed by atoms with E-state index >= 15 is 0 Å². The Hall–Kier alpha value is -4.12. The van der Waals surface area contributed by atoms with Crippen LogP contribution in [0.25, 0.3) is 22.3 Å². The second kappa shape index (κ2) is 12.4. The van der Waals surface area contributed by atoms with E-state index in [4.69, 9.17) is 9.47 Å². The number of ether oxygens (including phenoxy) is 2. The topological polar surface area (TPSA) is 87.7 Å².